The summed E-state index contributed by atoms with van der Waals surface area (Å²) in [6, 6.07) is 4.06. The van der Waals surface area contributed by atoms with Gasteiger partial charge in [0.1, 0.15) is 6.61 Å². The number of rotatable bonds is 1. The molecule has 1 atom stereocenters. The van der Waals surface area contributed by atoms with Crippen LogP contribution in [0.5, 0.6) is 5.75 Å². The Morgan fingerprint density at radius 3 is 3.00 bits per heavy atom. The maximum Gasteiger partial charge on any atom is 0.750 e. The molecule has 14 heavy (non-hydrogen) atoms. The number of nitro groups is 1. The minimum Gasteiger partial charge on any atom is -0.258 e. The quantitative estimate of drug-likeness (QED) is 0.406. The summed E-state index contributed by atoms with van der Waals surface area (Å²) < 4.78 is 20.3. The Balaban J connectivity index is 2.41. The van der Waals surface area contributed by atoms with Crippen LogP contribution in [0.3, 0.4) is 0 Å². The molecule has 6 nitrogen and oxygen atoms in total. The Hall–Kier alpha value is -1.52. The van der Waals surface area contributed by atoms with Gasteiger partial charge in [0, 0.05) is 22.3 Å². The zero-order chi connectivity index (χ0) is 10.1. The van der Waals surface area contributed by atoms with E-state index >= 15 is 0 Å². The standard InChI is InChI=1S/C7H5NO5P/c9-8(10)6-1-2-7-5(3-6)4-12-14(11)13-7/h1-3H,4H2/q+1. The molecule has 0 saturated heterocycles. The fourth-order valence-electron chi connectivity index (χ4n) is 1.11. The maximum atomic E-state index is 10.8. The lowest BCUT2D eigenvalue weighted by atomic mass is 10.2. The van der Waals surface area contributed by atoms with Crippen molar-refractivity contribution in [3.63, 3.8) is 0 Å². The van der Waals surface area contributed by atoms with Gasteiger partial charge in [-0.2, -0.15) is 0 Å². The first-order valence-electron chi connectivity index (χ1n) is 3.72. The molecule has 1 unspecified atom stereocenters. The van der Waals surface area contributed by atoms with Crippen molar-refractivity contribution >= 4 is 13.9 Å². The van der Waals surface area contributed by atoms with E-state index in [0.29, 0.717) is 11.3 Å². The second kappa shape index (κ2) is 3.32. The van der Waals surface area contributed by atoms with Crippen molar-refractivity contribution < 1.29 is 18.5 Å². The SMILES string of the molecule is O=[N+]([O-])c1ccc2c(c1)CO[P+](=O)O2. The van der Waals surface area contributed by atoms with Crippen LogP contribution in [-0.2, 0) is 15.7 Å². The predicted molar refractivity (Wildman–Crippen MR) is 46.1 cm³/mol. The van der Waals surface area contributed by atoms with E-state index in [1.54, 1.807) is 0 Å². The minimum atomic E-state index is -2.12. The van der Waals surface area contributed by atoms with Crippen molar-refractivity contribution in [2.45, 2.75) is 6.61 Å². The molecular formula is C7H5NO5P+. The molecule has 1 aliphatic heterocycles. The molecular weight excluding hydrogens is 209 g/mol. The molecule has 0 radical (unpaired) electrons. The summed E-state index contributed by atoms with van der Waals surface area (Å²) in [5, 5.41) is 10.4. The summed E-state index contributed by atoms with van der Waals surface area (Å²) >= 11 is 0. The molecule has 1 aliphatic rings. The van der Waals surface area contributed by atoms with Crippen LogP contribution in [0.15, 0.2) is 18.2 Å². The van der Waals surface area contributed by atoms with E-state index in [4.69, 9.17) is 9.05 Å². The molecule has 0 aliphatic carbocycles. The Morgan fingerprint density at radius 2 is 2.29 bits per heavy atom. The molecule has 7 heteroatoms. The van der Waals surface area contributed by atoms with Gasteiger partial charge >= 0.3 is 8.25 Å². The van der Waals surface area contributed by atoms with Crippen LogP contribution in [0.4, 0.5) is 5.69 Å². The van der Waals surface area contributed by atoms with E-state index in [9.17, 15) is 14.7 Å². The fraction of sp³-hybridized carbons (Fsp3) is 0.143. The molecule has 72 valence electrons. The van der Waals surface area contributed by atoms with Gasteiger partial charge in [-0.05, 0) is 6.07 Å². The smallest absolute Gasteiger partial charge is 0.258 e. The van der Waals surface area contributed by atoms with Crippen LogP contribution in [0.25, 0.3) is 0 Å². The second-order valence-electron chi connectivity index (χ2n) is 2.64. The molecule has 0 bridgehead atoms. The third-order valence-corrected chi connectivity index (χ3v) is 2.44. The van der Waals surface area contributed by atoms with Gasteiger partial charge in [0.25, 0.3) is 5.69 Å². The summed E-state index contributed by atoms with van der Waals surface area (Å²) in [5.74, 6) is 0.378. The van der Waals surface area contributed by atoms with Crippen LogP contribution in [0.2, 0.25) is 0 Å². The summed E-state index contributed by atoms with van der Waals surface area (Å²) in [6.07, 6.45) is 0. The molecule has 1 aromatic carbocycles. The van der Waals surface area contributed by atoms with Gasteiger partial charge in [0.05, 0.1) is 4.92 Å². The summed E-state index contributed by atoms with van der Waals surface area (Å²) in [6.45, 7) is 0.0756. The zero-order valence-corrected chi connectivity index (χ0v) is 7.77. The highest BCUT2D eigenvalue weighted by molar-refractivity contribution is 7.33. The molecule has 0 spiro atoms. The van der Waals surface area contributed by atoms with Crippen LogP contribution >= 0.6 is 8.25 Å². The highest BCUT2D eigenvalue weighted by atomic mass is 31.1. The van der Waals surface area contributed by atoms with Crippen molar-refractivity contribution in [3.05, 3.63) is 33.9 Å². The van der Waals surface area contributed by atoms with E-state index in [1.807, 2.05) is 0 Å². The minimum absolute atomic E-state index is 0.0342. The third kappa shape index (κ3) is 1.57. The van der Waals surface area contributed by atoms with Crippen molar-refractivity contribution in [3.8, 4) is 5.75 Å². The molecule has 1 aromatic rings. The first-order chi connectivity index (χ1) is 6.66. The summed E-state index contributed by atoms with van der Waals surface area (Å²) in [5.41, 5.74) is 0.502. The van der Waals surface area contributed by atoms with Crippen molar-refractivity contribution in [2.75, 3.05) is 0 Å². The van der Waals surface area contributed by atoms with E-state index in [0.717, 1.165) is 0 Å². The topological polar surface area (TPSA) is 78.7 Å². The van der Waals surface area contributed by atoms with Crippen LogP contribution in [0.1, 0.15) is 5.56 Å². The average molecular weight is 214 g/mol. The number of benzene rings is 1. The Labute approximate surface area is 79.5 Å². The Kier molecular flexibility index (Phi) is 2.15. The van der Waals surface area contributed by atoms with Gasteiger partial charge in [-0.15, -0.1) is 4.52 Å². The van der Waals surface area contributed by atoms with Gasteiger partial charge in [-0.3, -0.25) is 10.1 Å². The lowest BCUT2D eigenvalue weighted by molar-refractivity contribution is -0.385. The van der Waals surface area contributed by atoms with Gasteiger partial charge in [-0.1, -0.05) is 0 Å². The summed E-state index contributed by atoms with van der Waals surface area (Å²) in [4.78, 5) is 9.91. The number of non-ortho nitro benzene ring substituents is 1. The molecule has 0 aromatic heterocycles. The first-order valence-corrected chi connectivity index (χ1v) is 4.82. The van der Waals surface area contributed by atoms with Crippen molar-refractivity contribution in [2.24, 2.45) is 0 Å². The largest absolute Gasteiger partial charge is 0.750 e. The Bertz CT molecular complexity index is 419. The van der Waals surface area contributed by atoms with Crippen LogP contribution in [0, 0.1) is 10.1 Å². The second-order valence-corrected chi connectivity index (χ2v) is 3.53. The van der Waals surface area contributed by atoms with Crippen LogP contribution < -0.4 is 4.52 Å². The van der Waals surface area contributed by atoms with Gasteiger partial charge in [0.15, 0.2) is 5.75 Å². The molecule has 0 amide bonds. The van der Waals surface area contributed by atoms with Crippen molar-refractivity contribution in [1.29, 1.82) is 0 Å². The molecule has 1 heterocycles. The lowest BCUT2D eigenvalue weighted by Crippen LogP contribution is -2.00. The molecule has 0 fully saturated rings. The molecule has 0 N–H and O–H groups in total. The fourth-order valence-corrected chi connectivity index (χ4v) is 1.75. The van der Waals surface area contributed by atoms with Gasteiger partial charge < -0.3 is 0 Å². The predicted octanol–water partition coefficient (Wildman–Crippen LogP) is 2.16. The summed E-state index contributed by atoms with van der Waals surface area (Å²) in [7, 11) is -2.12. The molecule has 0 saturated carbocycles. The average Bonchev–Trinajstić information content (AvgIpc) is 2.16. The van der Waals surface area contributed by atoms with Gasteiger partial charge in [0.2, 0.25) is 0 Å². The lowest BCUT2D eigenvalue weighted by Gasteiger charge is -2.04. The monoisotopic (exact) mass is 214 g/mol. The zero-order valence-electron chi connectivity index (χ0n) is 6.87. The number of fused-ring (bicyclic) bond motifs is 1. The number of hydrogen-bond acceptors (Lipinski definition) is 5. The van der Waals surface area contributed by atoms with E-state index < -0.39 is 13.2 Å². The highest BCUT2D eigenvalue weighted by Gasteiger charge is 2.31. The van der Waals surface area contributed by atoms with Gasteiger partial charge in [-0.25, -0.2) is 4.52 Å². The van der Waals surface area contributed by atoms with E-state index in [1.165, 1.54) is 18.2 Å². The molecule has 2 rings (SSSR count). The van der Waals surface area contributed by atoms with E-state index in [-0.39, 0.29) is 12.3 Å². The third-order valence-electron chi connectivity index (χ3n) is 1.75. The maximum absolute atomic E-state index is 10.8. The normalized spacial score (nSPS) is 17.0. The highest BCUT2D eigenvalue weighted by Crippen LogP contribution is 2.39. The van der Waals surface area contributed by atoms with Crippen molar-refractivity contribution in [1.82, 2.24) is 0 Å². The van der Waals surface area contributed by atoms with E-state index in [2.05, 4.69) is 0 Å². The number of nitrogens with zero attached hydrogens (tertiary/aromatic N) is 1. The Morgan fingerprint density at radius 1 is 1.50 bits per heavy atom. The first kappa shape index (κ1) is 9.05. The van der Waals surface area contributed by atoms with Crippen LogP contribution in [-0.4, -0.2) is 4.92 Å². The number of nitro benzene ring substituents is 1. The number of hydrogen-bond donors (Lipinski definition) is 0.